The van der Waals surface area contributed by atoms with Crippen molar-refractivity contribution in [2.75, 3.05) is 26.3 Å². The first-order valence-electron chi connectivity index (χ1n) is 10.6. The van der Waals surface area contributed by atoms with E-state index >= 15 is 0 Å². The maximum absolute atomic E-state index is 13.0. The van der Waals surface area contributed by atoms with Crippen LogP contribution in [0.25, 0.3) is 10.4 Å². The summed E-state index contributed by atoms with van der Waals surface area (Å²) in [4.78, 5) is 16.9. The van der Waals surface area contributed by atoms with Gasteiger partial charge >= 0.3 is 0 Å². The molecule has 1 saturated heterocycles. The van der Waals surface area contributed by atoms with E-state index in [2.05, 4.69) is 30.3 Å². The highest BCUT2D eigenvalue weighted by Crippen LogP contribution is 2.37. The lowest BCUT2D eigenvalue weighted by atomic mass is 9.90. The number of fused-ring (bicyclic) bond motifs is 1. The molecule has 2 aromatic carbocycles. The second kappa shape index (κ2) is 8.52. The molecule has 1 aromatic heterocycles. The number of piperidine rings is 1. The minimum atomic E-state index is 0.155. The smallest absolute Gasteiger partial charge is 0.263 e. The van der Waals surface area contributed by atoms with Crippen molar-refractivity contribution < 1.29 is 14.3 Å². The Bertz CT molecular complexity index is 1020. The van der Waals surface area contributed by atoms with Crippen LogP contribution in [0.4, 0.5) is 0 Å². The van der Waals surface area contributed by atoms with Crippen LogP contribution in [0.3, 0.4) is 0 Å². The molecule has 5 rings (SSSR count). The molecule has 0 aliphatic carbocycles. The van der Waals surface area contributed by atoms with Gasteiger partial charge in [-0.3, -0.25) is 4.79 Å². The number of likely N-dealkylation sites (tertiary alicyclic amines) is 1. The number of nitrogens with zero attached hydrogens (tertiary/aromatic N) is 1. The summed E-state index contributed by atoms with van der Waals surface area (Å²) in [5.74, 6) is 2.38. The van der Waals surface area contributed by atoms with Crippen LogP contribution in [-0.4, -0.2) is 37.1 Å². The third kappa shape index (κ3) is 4.08. The number of carbonyl (C=O) groups excluding carboxylic acids is 1. The second-order valence-corrected chi connectivity index (χ2v) is 9.03. The zero-order valence-corrected chi connectivity index (χ0v) is 17.7. The number of hydrogen-bond acceptors (Lipinski definition) is 4. The molecule has 154 valence electrons. The molecule has 0 saturated carbocycles. The van der Waals surface area contributed by atoms with Gasteiger partial charge in [0.05, 0.1) is 4.88 Å². The SMILES string of the molecule is O=C(c1ccc(-c2ccc3c(c2)OCCO3)s1)N1CCC(Cc2ccccc2)CC1. The minimum absolute atomic E-state index is 0.155. The van der Waals surface area contributed by atoms with Crippen LogP contribution in [0.5, 0.6) is 11.5 Å². The third-order valence-electron chi connectivity index (χ3n) is 5.91. The van der Waals surface area contributed by atoms with E-state index in [4.69, 9.17) is 9.47 Å². The van der Waals surface area contributed by atoms with Crippen molar-refractivity contribution in [1.82, 2.24) is 4.90 Å². The Morgan fingerprint density at radius 1 is 0.933 bits per heavy atom. The van der Waals surface area contributed by atoms with Crippen LogP contribution in [0, 0.1) is 5.92 Å². The van der Waals surface area contributed by atoms with Crippen LogP contribution >= 0.6 is 11.3 Å². The fraction of sp³-hybridized carbons (Fsp3) is 0.320. The largest absolute Gasteiger partial charge is 0.486 e. The lowest BCUT2D eigenvalue weighted by Gasteiger charge is -2.31. The maximum Gasteiger partial charge on any atom is 0.263 e. The highest BCUT2D eigenvalue weighted by Gasteiger charge is 2.25. The molecule has 1 amide bonds. The number of ether oxygens (including phenoxy) is 2. The van der Waals surface area contributed by atoms with Crippen molar-refractivity contribution in [2.45, 2.75) is 19.3 Å². The van der Waals surface area contributed by atoms with Gasteiger partial charge in [0.2, 0.25) is 0 Å². The van der Waals surface area contributed by atoms with Crippen LogP contribution in [0.2, 0.25) is 0 Å². The standard InChI is InChI=1S/C25H25NO3S/c27-25(26-12-10-19(11-13-26)16-18-4-2-1-3-5-18)24-9-8-23(30-24)20-6-7-21-22(17-20)29-15-14-28-21/h1-9,17,19H,10-16H2. The average molecular weight is 420 g/mol. The molecular formula is C25H25NO3S. The van der Waals surface area contributed by atoms with Crippen molar-refractivity contribution in [3.63, 3.8) is 0 Å². The molecule has 2 aliphatic heterocycles. The lowest BCUT2D eigenvalue weighted by Crippen LogP contribution is -2.38. The summed E-state index contributed by atoms with van der Waals surface area (Å²) in [6, 6.07) is 20.6. The summed E-state index contributed by atoms with van der Waals surface area (Å²) in [6.45, 7) is 2.85. The molecular weight excluding hydrogens is 394 g/mol. The van der Waals surface area contributed by atoms with E-state index in [-0.39, 0.29) is 5.91 Å². The fourth-order valence-electron chi connectivity index (χ4n) is 4.25. The molecule has 0 atom stereocenters. The normalized spacial score (nSPS) is 16.5. The molecule has 0 N–H and O–H groups in total. The summed E-state index contributed by atoms with van der Waals surface area (Å²) in [7, 11) is 0. The van der Waals surface area contributed by atoms with Crippen molar-refractivity contribution in [3.05, 3.63) is 71.1 Å². The molecule has 0 radical (unpaired) electrons. The van der Waals surface area contributed by atoms with Crippen LogP contribution in [0.1, 0.15) is 28.1 Å². The average Bonchev–Trinajstić information content (AvgIpc) is 3.30. The lowest BCUT2D eigenvalue weighted by molar-refractivity contribution is 0.0695. The van der Waals surface area contributed by atoms with Gasteiger partial charge in [-0.2, -0.15) is 0 Å². The van der Waals surface area contributed by atoms with Crippen molar-refractivity contribution >= 4 is 17.2 Å². The molecule has 3 aromatic rings. The number of hydrogen-bond donors (Lipinski definition) is 0. The highest BCUT2D eigenvalue weighted by atomic mass is 32.1. The maximum atomic E-state index is 13.0. The zero-order chi connectivity index (χ0) is 20.3. The summed E-state index contributed by atoms with van der Waals surface area (Å²) >= 11 is 1.55. The van der Waals surface area contributed by atoms with Crippen LogP contribution in [-0.2, 0) is 6.42 Å². The molecule has 0 unspecified atom stereocenters. The first kappa shape index (κ1) is 19.2. The first-order valence-corrected chi connectivity index (χ1v) is 11.4. The van der Waals surface area contributed by atoms with Crippen molar-refractivity contribution in [1.29, 1.82) is 0 Å². The van der Waals surface area contributed by atoms with Gasteiger partial charge in [0, 0.05) is 18.0 Å². The minimum Gasteiger partial charge on any atom is -0.486 e. The first-order chi connectivity index (χ1) is 14.8. The molecule has 30 heavy (non-hydrogen) atoms. The number of benzene rings is 2. The van der Waals surface area contributed by atoms with Gasteiger partial charge in [-0.25, -0.2) is 0 Å². The number of carbonyl (C=O) groups is 1. The second-order valence-electron chi connectivity index (χ2n) is 7.95. The topological polar surface area (TPSA) is 38.8 Å². The van der Waals surface area contributed by atoms with E-state index in [1.54, 1.807) is 11.3 Å². The summed E-state index contributed by atoms with van der Waals surface area (Å²) in [5, 5.41) is 0. The summed E-state index contributed by atoms with van der Waals surface area (Å²) in [5.41, 5.74) is 2.45. The fourth-order valence-corrected chi connectivity index (χ4v) is 5.22. The molecule has 0 spiro atoms. The Morgan fingerprint density at radius 3 is 2.50 bits per heavy atom. The quantitative estimate of drug-likeness (QED) is 0.577. The predicted molar refractivity (Wildman–Crippen MR) is 120 cm³/mol. The van der Waals surface area contributed by atoms with E-state index in [1.165, 1.54) is 5.56 Å². The highest BCUT2D eigenvalue weighted by molar-refractivity contribution is 7.17. The van der Waals surface area contributed by atoms with Gasteiger partial charge < -0.3 is 14.4 Å². The van der Waals surface area contributed by atoms with Gasteiger partial charge in [-0.05, 0) is 66.6 Å². The number of amides is 1. The molecule has 5 heteroatoms. The Morgan fingerprint density at radius 2 is 1.70 bits per heavy atom. The van der Waals surface area contributed by atoms with Crippen LogP contribution in [0.15, 0.2) is 60.7 Å². The Hall–Kier alpha value is -2.79. The monoisotopic (exact) mass is 419 g/mol. The van der Waals surface area contributed by atoms with Crippen molar-refractivity contribution in [3.8, 4) is 21.9 Å². The van der Waals surface area contributed by atoms with Gasteiger partial charge in [-0.15, -0.1) is 11.3 Å². The van der Waals surface area contributed by atoms with Gasteiger partial charge in [0.25, 0.3) is 5.91 Å². The van der Waals surface area contributed by atoms with E-state index in [0.717, 1.165) is 59.2 Å². The van der Waals surface area contributed by atoms with E-state index in [1.807, 2.05) is 35.2 Å². The molecule has 0 bridgehead atoms. The van der Waals surface area contributed by atoms with Gasteiger partial charge in [0.1, 0.15) is 13.2 Å². The molecule has 1 fully saturated rings. The van der Waals surface area contributed by atoms with Crippen molar-refractivity contribution in [2.24, 2.45) is 5.92 Å². The Labute approximate surface area is 181 Å². The third-order valence-corrected chi connectivity index (χ3v) is 7.03. The molecule has 4 nitrogen and oxygen atoms in total. The molecule has 2 aliphatic rings. The summed E-state index contributed by atoms with van der Waals surface area (Å²) in [6.07, 6.45) is 3.25. The van der Waals surface area contributed by atoms with E-state index in [0.29, 0.717) is 19.1 Å². The van der Waals surface area contributed by atoms with E-state index < -0.39 is 0 Å². The number of rotatable bonds is 4. The number of thiophene rings is 1. The Balaban J connectivity index is 1.22. The summed E-state index contributed by atoms with van der Waals surface area (Å²) < 4.78 is 11.3. The zero-order valence-electron chi connectivity index (χ0n) is 16.9. The van der Waals surface area contributed by atoms with Gasteiger partial charge in [0.15, 0.2) is 11.5 Å². The van der Waals surface area contributed by atoms with E-state index in [9.17, 15) is 4.79 Å². The molecule has 3 heterocycles. The predicted octanol–water partition coefficient (Wildman–Crippen LogP) is 5.28. The Kier molecular flexibility index (Phi) is 5.45. The van der Waals surface area contributed by atoms with Gasteiger partial charge in [-0.1, -0.05) is 30.3 Å². The van der Waals surface area contributed by atoms with Crippen LogP contribution < -0.4 is 9.47 Å².